The zero-order chi connectivity index (χ0) is 18.2. The van der Waals surface area contributed by atoms with Crippen molar-refractivity contribution in [2.24, 2.45) is 7.05 Å². The van der Waals surface area contributed by atoms with Crippen LogP contribution in [0.2, 0.25) is 0 Å². The number of nitrogens with one attached hydrogen (secondary N) is 1. The molecule has 0 fully saturated rings. The van der Waals surface area contributed by atoms with Crippen LogP contribution in [-0.4, -0.2) is 25.2 Å². The molecule has 2 heterocycles. The van der Waals surface area contributed by atoms with Gasteiger partial charge in [-0.25, -0.2) is 4.98 Å². The fraction of sp³-hybridized carbons (Fsp3) is 0.312. The number of hydrogen-bond donors (Lipinski definition) is 1. The zero-order valence-electron chi connectivity index (χ0n) is 13.6. The molecule has 0 atom stereocenters. The zero-order valence-corrected chi connectivity index (χ0v) is 13.6. The van der Waals surface area contributed by atoms with Crippen LogP contribution in [0.1, 0.15) is 17.8 Å². The van der Waals surface area contributed by atoms with Crippen molar-refractivity contribution in [2.45, 2.75) is 26.1 Å². The molecule has 0 aliphatic rings. The number of hydrogen-bond acceptors (Lipinski definition) is 3. The van der Waals surface area contributed by atoms with Gasteiger partial charge in [0.05, 0.1) is 11.0 Å². The van der Waals surface area contributed by atoms with Gasteiger partial charge in [-0.05, 0) is 25.1 Å². The van der Waals surface area contributed by atoms with E-state index in [1.54, 1.807) is 11.6 Å². The lowest BCUT2D eigenvalue weighted by Crippen LogP contribution is -2.18. The number of nitrogens with zero attached hydrogens (tertiary/aromatic N) is 4. The van der Waals surface area contributed by atoms with Gasteiger partial charge in [0.1, 0.15) is 0 Å². The van der Waals surface area contributed by atoms with Gasteiger partial charge in [-0.15, -0.1) is 0 Å². The Morgan fingerprint density at radius 3 is 2.64 bits per heavy atom. The summed E-state index contributed by atoms with van der Waals surface area (Å²) in [6.07, 6.45) is -4.51. The summed E-state index contributed by atoms with van der Waals surface area (Å²) in [6, 6.07) is 8.39. The predicted molar refractivity (Wildman–Crippen MR) is 85.9 cm³/mol. The van der Waals surface area contributed by atoms with Crippen LogP contribution in [0.3, 0.4) is 0 Å². The Morgan fingerprint density at radius 2 is 2.00 bits per heavy atom. The average molecular weight is 351 g/mol. The first-order valence-electron chi connectivity index (χ1n) is 7.58. The number of fused-ring (bicyclic) bond motifs is 1. The maximum absolute atomic E-state index is 12.6. The van der Waals surface area contributed by atoms with E-state index in [4.69, 9.17) is 0 Å². The van der Waals surface area contributed by atoms with Crippen molar-refractivity contribution in [1.82, 2.24) is 19.3 Å². The molecule has 1 N–H and O–H groups in total. The molecule has 3 rings (SSSR count). The van der Waals surface area contributed by atoms with E-state index in [1.165, 1.54) is 11.6 Å². The molecule has 0 aliphatic heterocycles. The Hall–Kier alpha value is -2.84. The van der Waals surface area contributed by atoms with Crippen molar-refractivity contribution in [3.63, 3.8) is 0 Å². The molecule has 1 aromatic carbocycles. The van der Waals surface area contributed by atoms with E-state index >= 15 is 0 Å². The minimum atomic E-state index is -4.49. The van der Waals surface area contributed by atoms with Crippen molar-refractivity contribution in [1.29, 1.82) is 0 Å². The number of aromatic nitrogens is 4. The molecule has 1 amide bonds. The highest BCUT2D eigenvalue weighted by molar-refractivity contribution is 5.91. The van der Waals surface area contributed by atoms with Gasteiger partial charge in [-0.2, -0.15) is 18.3 Å². The topological polar surface area (TPSA) is 64.7 Å². The molecule has 3 aromatic rings. The number of rotatable bonds is 4. The van der Waals surface area contributed by atoms with E-state index < -0.39 is 11.9 Å². The maximum Gasteiger partial charge on any atom is 0.435 e. The van der Waals surface area contributed by atoms with Gasteiger partial charge in [0.15, 0.2) is 5.69 Å². The number of para-hydroxylation sites is 2. The molecule has 0 radical (unpaired) electrons. The normalized spacial score (nSPS) is 11.9. The number of imidazole rings is 1. The van der Waals surface area contributed by atoms with Crippen molar-refractivity contribution >= 4 is 22.9 Å². The van der Waals surface area contributed by atoms with E-state index in [9.17, 15) is 18.0 Å². The molecule has 0 saturated carbocycles. The maximum atomic E-state index is 12.6. The SMILES string of the molecule is Cc1cc(C(F)(F)F)nn1CCC(=O)Nc1nc2ccccc2n1C. The van der Waals surface area contributed by atoms with Crippen LogP contribution in [0.25, 0.3) is 11.0 Å². The number of halogens is 3. The van der Waals surface area contributed by atoms with Crippen molar-refractivity contribution in [3.05, 3.63) is 41.7 Å². The van der Waals surface area contributed by atoms with Crippen LogP contribution in [0.15, 0.2) is 30.3 Å². The number of anilines is 1. The van der Waals surface area contributed by atoms with E-state index in [2.05, 4.69) is 15.4 Å². The van der Waals surface area contributed by atoms with Gasteiger partial charge >= 0.3 is 6.18 Å². The number of aryl methyl sites for hydroxylation is 3. The smallest absolute Gasteiger partial charge is 0.313 e. The van der Waals surface area contributed by atoms with Crippen molar-refractivity contribution in [2.75, 3.05) is 5.32 Å². The average Bonchev–Trinajstić information content (AvgIpc) is 3.07. The highest BCUT2D eigenvalue weighted by atomic mass is 19.4. The second-order valence-electron chi connectivity index (χ2n) is 5.67. The summed E-state index contributed by atoms with van der Waals surface area (Å²) >= 11 is 0. The third-order valence-electron chi connectivity index (χ3n) is 3.86. The molecule has 0 saturated heterocycles. The molecule has 25 heavy (non-hydrogen) atoms. The van der Waals surface area contributed by atoms with E-state index in [1.807, 2.05) is 24.3 Å². The fourth-order valence-corrected chi connectivity index (χ4v) is 2.53. The van der Waals surface area contributed by atoms with Gasteiger partial charge in [-0.1, -0.05) is 12.1 Å². The minimum Gasteiger partial charge on any atom is -0.313 e. The number of amides is 1. The van der Waals surface area contributed by atoms with Crippen molar-refractivity contribution in [3.8, 4) is 0 Å². The molecule has 0 unspecified atom stereocenters. The molecule has 0 spiro atoms. The van der Waals surface area contributed by atoms with Gasteiger partial charge < -0.3 is 4.57 Å². The summed E-state index contributed by atoms with van der Waals surface area (Å²) in [6.45, 7) is 1.57. The Kier molecular flexibility index (Phi) is 4.23. The van der Waals surface area contributed by atoms with Gasteiger partial charge in [0, 0.05) is 25.7 Å². The summed E-state index contributed by atoms with van der Waals surface area (Å²) < 4.78 is 40.9. The third kappa shape index (κ3) is 3.49. The fourth-order valence-electron chi connectivity index (χ4n) is 2.53. The van der Waals surface area contributed by atoms with E-state index in [0.29, 0.717) is 11.6 Å². The molecule has 0 aliphatic carbocycles. The number of carbonyl (C=O) groups is 1. The van der Waals surface area contributed by atoms with Crippen LogP contribution in [0.5, 0.6) is 0 Å². The lowest BCUT2D eigenvalue weighted by Gasteiger charge is -2.07. The van der Waals surface area contributed by atoms with Crippen molar-refractivity contribution < 1.29 is 18.0 Å². The van der Waals surface area contributed by atoms with Gasteiger partial charge in [-0.3, -0.25) is 14.8 Å². The first-order valence-corrected chi connectivity index (χ1v) is 7.58. The molecule has 9 heteroatoms. The monoisotopic (exact) mass is 351 g/mol. The van der Waals surface area contributed by atoms with E-state index in [-0.39, 0.29) is 18.9 Å². The van der Waals surface area contributed by atoms with Crippen LogP contribution in [0, 0.1) is 6.92 Å². The molecule has 0 bridgehead atoms. The van der Waals surface area contributed by atoms with Gasteiger partial charge in [0.25, 0.3) is 0 Å². The van der Waals surface area contributed by atoms with Crippen LogP contribution in [0.4, 0.5) is 19.1 Å². The molecular formula is C16H16F3N5O. The highest BCUT2D eigenvalue weighted by Crippen LogP contribution is 2.28. The molecule has 132 valence electrons. The first-order chi connectivity index (χ1) is 11.8. The minimum absolute atomic E-state index is 0.0109. The summed E-state index contributed by atoms with van der Waals surface area (Å²) in [5.74, 6) is 0.0428. The quantitative estimate of drug-likeness (QED) is 0.785. The standard InChI is InChI=1S/C16H16F3N5O/c1-10-9-13(16(17,18)19)22-24(10)8-7-14(25)21-15-20-11-5-3-4-6-12(11)23(15)2/h3-6,9H,7-8H2,1-2H3,(H,20,21,25). The Morgan fingerprint density at radius 1 is 1.28 bits per heavy atom. The third-order valence-corrected chi connectivity index (χ3v) is 3.86. The van der Waals surface area contributed by atoms with E-state index in [0.717, 1.165) is 17.1 Å². The second kappa shape index (κ2) is 6.23. The Balaban J connectivity index is 1.67. The molecule has 6 nitrogen and oxygen atoms in total. The lowest BCUT2D eigenvalue weighted by atomic mass is 10.3. The summed E-state index contributed by atoms with van der Waals surface area (Å²) in [5, 5.41) is 6.18. The number of benzene rings is 1. The highest BCUT2D eigenvalue weighted by Gasteiger charge is 2.34. The van der Waals surface area contributed by atoms with Gasteiger partial charge in [0.2, 0.25) is 11.9 Å². The predicted octanol–water partition coefficient (Wildman–Crippen LogP) is 3.13. The largest absolute Gasteiger partial charge is 0.435 e. The summed E-state index contributed by atoms with van der Waals surface area (Å²) in [7, 11) is 1.78. The number of carbonyl (C=O) groups excluding carboxylic acids is 1. The van der Waals surface area contributed by atoms with Crippen LogP contribution < -0.4 is 5.32 Å². The summed E-state index contributed by atoms with van der Waals surface area (Å²) in [4.78, 5) is 16.4. The second-order valence-corrected chi connectivity index (χ2v) is 5.67. The Labute approximate surface area is 141 Å². The first kappa shape index (κ1) is 17.0. The molecular weight excluding hydrogens is 335 g/mol. The molecule has 2 aromatic heterocycles. The number of alkyl halides is 3. The summed E-state index contributed by atoms with van der Waals surface area (Å²) in [5.41, 5.74) is 1.01. The van der Waals surface area contributed by atoms with Crippen LogP contribution in [-0.2, 0) is 24.6 Å². The van der Waals surface area contributed by atoms with Crippen LogP contribution >= 0.6 is 0 Å². The lowest BCUT2D eigenvalue weighted by molar-refractivity contribution is -0.141. The Bertz CT molecular complexity index is 926.